The summed E-state index contributed by atoms with van der Waals surface area (Å²) in [7, 11) is 0. The van der Waals surface area contributed by atoms with Crippen LogP contribution in [0.5, 0.6) is 5.75 Å². The van der Waals surface area contributed by atoms with Crippen LogP contribution in [0.15, 0.2) is 42.5 Å². The molecule has 2 rings (SSSR count). The molecule has 1 unspecified atom stereocenters. The lowest BCUT2D eigenvalue weighted by Crippen LogP contribution is -2.09. The first kappa shape index (κ1) is 14.2. The van der Waals surface area contributed by atoms with Gasteiger partial charge in [0.25, 0.3) is 0 Å². The van der Waals surface area contributed by atoms with Crippen molar-refractivity contribution in [3.8, 4) is 11.8 Å². The Labute approximate surface area is 123 Å². The predicted molar refractivity (Wildman–Crippen MR) is 80.9 cm³/mol. The van der Waals surface area contributed by atoms with Gasteiger partial charge in [-0.3, -0.25) is 0 Å². The van der Waals surface area contributed by atoms with Crippen molar-refractivity contribution >= 4 is 17.3 Å². The molecule has 2 N–H and O–H groups in total. The third kappa shape index (κ3) is 3.23. The van der Waals surface area contributed by atoms with Crippen LogP contribution in [0.4, 0.5) is 5.69 Å². The summed E-state index contributed by atoms with van der Waals surface area (Å²) in [5.74, 6) is 0.252. The number of hydrogen-bond acceptors (Lipinski definition) is 3. The molecule has 1 atom stereocenters. The van der Waals surface area contributed by atoms with Gasteiger partial charge >= 0.3 is 0 Å². The van der Waals surface area contributed by atoms with Crippen LogP contribution in [-0.4, -0.2) is 5.11 Å². The Hall–Kier alpha value is -2.18. The number of rotatable bonds is 4. The lowest BCUT2D eigenvalue weighted by Gasteiger charge is -2.19. The molecule has 0 saturated heterocycles. The van der Waals surface area contributed by atoms with Crippen molar-refractivity contribution in [2.24, 2.45) is 0 Å². The van der Waals surface area contributed by atoms with Gasteiger partial charge in [-0.2, -0.15) is 5.26 Å². The molecule has 0 radical (unpaired) electrons. The number of nitrogens with one attached hydrogen (secondary N) is 1. The molecule has 20 heavy (non-hydrogen) atoms. The van der Waals surface area contributed by atoms with Gasteiger partial charge in [-0.15, -0.1) is 0 Å². The summed E-state index contributed by atoms with van der Waals surface area (Å²) >= 11 is 5.92. The van der Waals surface area contributed by atoms with Crippen molar-refractivity contribution < 1.29 is 5.11 Å². The smallest absolute Gasteiger partial charge is 0.115 e. The predicted octanol–water partition coefficient (Wildman–Crippen LogP) is 4.48. The molecule has 0 saturated carbocycles. The minimum Gasteiger partial charge on any atom is -0.508 e. The molecule has 2 aromatic carbocycles. The highest BCUT2D eigenvalue weighted by atomic mass is 35.5. The van der Waals surface area contributed by atoms with Crippen LogP contribution in [0, 0.1) is 11.3 Å². The molecule has 4 heteroatoms. The van der Waals surface area contributed by atoms with E-state index in [1.165, 1.54) is 0 Å². The molecule has 0 aromatic heterocycles. The first-order valence-corrected chi connectivity index (χ1v) is 6.77. The summed E-state index contributed by atoms with van der Waals surface area (Å²) in [5, 5.41) is 22.1. The monoisotopic (exact) mass is 286 g/mol. The Morgan fingerprint density at radius 1 is 1.25 bits per heavy atom. The zero-order valence-corrected chi connectivity index (χ0v) is 11.9. The fourth-order valence-electron chi connectivity index (χ4n) is 2.03. The molecule has 0 amide bonds. The van der Waals surface area contributed by atoms with E-state index < -0.39 is 0 Å². The van der Waals surface area contributed by atoms with Crippen LogP contribution < -0.4 is 5.32 Å². The quantitative estimate of drug-likeness (QED) is 0.871. The molecule has 0 heterocycles. The summed E-state index contributed by atoms with van der Waals surface area (Å²) in [6.45, 7) is 2.08. The summed E-state index contributed by atoms with van der Waals surface area (Å²) in [6, 6.07) is 14.6. The van der Waals surface area contributed by atoms with E-state index in [-0.39, 0.29) is 11.8 Å². The maximum absolute atomic E-state index is 9.33. The standard InChI is InChI=1S/C16H15ClN2O/c1-2-16(11-3-6-14(20)7-4-11)19-13-5-8-15(17)12(9-13)10-18/h3-9,16,19-20H,2H2,1H3. The van der Waals surface area contributed by atoms with E-state index in [4.69, 9.17) is 16.9 Å². The maximum Gasteiger partial charge on any atom is 0.115 e. The zero-order valence-electron chi connectivity index (χ0n) is 11.1. The summed E-state index contributed by atoms with van der Waals surface area (Å²) in [4.78, 5) is 0. The zero-order chi connectivity index (χ0) is 14.5. The normalized spacial score (nSPS) is 11.7. The molecule has 102 valence electrons. The van der Waals surface area contributed by atoms with E-state index in [9.17, 15) is 5.11 Å². The van der Waals surface area contributed by atoms with Crippen molar-refractivity contribution in [2.75, 3.05) is 5.32 Å². The number of aromatic hydroxyl groups is 1. The van der Waals surface area contributed by atoms with Gasteiger partial charge in [0.05, 0.1) is 16.6 Å². The molecule has 3 nitrogen and oxygen atoms in total. The Morgan fingerprint density at radius 2 is 1.95 bits per heavy atom. The van der Waals surface area contributed by atoms with Crippen LogP contribution in [0.25, 0.3) is 0 Å². The number of halogens is 1. The summed E-state index contributed by atoms with van der Waals surface area (Å²) < 4.78 is 0. The first-order valence-electron chi connectivity index (χ1n) is 6.39. The minimum absolute atomic E-state index is 0.114. The van der Waals surface area contributed by atoms with Gasteiger partial charge in [0.1, 0.15) is 11.8 Å². The van der Waals surface area contributed by atoms with Gasteiger partial charge in [0.2, 0.25) is 0 Å². The molecule has 0 aliphatic carbocycles. The number of nitriles is 1. The Morgan fingerprint density at radius 3 is 2.55 bits per heavy atom. The highest BCUT2D eigenvalue weighted by Crippen LogP contribution is 2.26. The number of nitrogens with zero attached hydrogens (tertiary/aromatic N) is 1. The third-order valence-electron chi connectivity index (χ3n) is 3.13. The Kier molecular flexibility index (Phi) is 4.49. The number of anilines is 1. The van der Waals surface area contributed by atoms with Crippen LogP contribution in [0.3, 0.4) is 0 Å². The van der Waals surface area contributed by atoms with Crippen molar-refractivity contribution in [1.29, 1.82) is 5.26 Å². The Balaban J connectivity index is 2.22. The van der Waals surface area contributed by atoms with Crippen molar-refractivity contribution in [3.63, 3.8) is 0 Å². The van der Waals surface area contributed by atoms with Crippen LogP contribution in [0.2, 0.25) is 5.02 Å². The second-order valence-corrected chi connectivity index (χ2v) is 4.91. The number of benzene rings is 2. The van der Waals surface area contributed by atoms with Crippen LogP contribution >= 0.6 is 11.6 Å². The van der Waals surface area contributed by atoms with Crippen molar-refractivity contribution in [1.82, 2.24) is 0 Å². The number of phenolic OH excluding ortho intramolecular Hbond substituents is 1. The van der Waals surface area contributed by atoms with Gasteiger partial charge in [-0.25, -0.2) is 0 Å². The van der Waals surface area contributed by atoms with Gasteiger partial charge < -0.3 is 10.4 Å². The van der Waals surface area contributed by atoms with E-state index >= 15 is 0 Å². The lowest BCUT2D eigenvalue weighted by atomic mass is 10.0. The number of phenols is 1. The van der Waals surface area contributed by atoms with Crippen LogP contribution in [0.1, 0.15) is 30.5 Å². The molecule has 0 aliphatic heterocycles. The molecular weight excluding hydrogens is 272 g/mol. The van der Waals surface area contributed by atoms with Gasteiger partial charge in [-0.05, 0) is 42.3 Å². The molecule has 0 aliphatic rings. The fourth-order valence-corrected chi connectivity index (χ4v) is 2.19. The summed E-state index contributed by atoms with van der Waals surface area (Å²) in [5.41, 5.74) is 2.39. The second kappa shape index (κ2) is 6.31. The van der Waals surface area contributed by atoms with Gasteiger partial charge in [0.15, 0.2) is 0 Å². The molecule has 2 aromatic rings. The SMILES string of the molecule is CCC(Nc1ccc(Cl)c(C#N)c1)c1ccc(O)cc1. The molecule has 0 fully saturated rings. The maximum atomic E-state index is 9.33. The van der Waals surface area contributed by atoms with E-state index in [1.54, 1.807) is 24.3 Å². The first-order chi connectivity index (χ1) is 9.63. The highest BCUT2D eigenvalue weighted by Gasteiger charge is 2.10. The minimum atomic E-state index is 0.114. The van der Waals surface area contributed by atoms with E-state index in [0.29, 0.717) is 10.6 Å². The van der Waals surface area contributed by atoms with Crippen molar-refractivity contribution in [2.45, 2.75) is 19.4 Å². The van der Waals surface area contributed by atoms with E-state index in [1.807, 2.05) is 18.2 Å². The topological polar surface area (TPSA) is 56.0 Å². The summed E-state index contributed by atoms with van der Waals surface area (Å²) in [6.07, 6.45) is 0.884. The average Bonchev–Trinajstić information content (AvgIpc) is 2.47. The molecule has 0 spiro atoms. The molecular formula is C16H15ClN2O. The molecule has 0 bridgehead atoms. The van der Waals surface area contributed by atoms with Crippen LogP contribution in [-0.2, 0) is 0 Å². The fraction of sp³-hybridized carbons (Fsp3) is 0.188. The Bertz CT molecular complexity index is 632. The van der Waals surface area contributed by atoms with Gasteiger partial charge in [0, 0.05) is 5.69 Å². The van der Waals surface area contributed by atoms with Gasteiger partial charge in [-0.1, -0.05) is 30.7 Å². The van der Waals surface area contributed by atoms with Crippen molar-refractivity contribution in [3.05, 3.63) is 58.6 Å². The van der Waals surface area contributed by atoms with E-state index in [2.05, 4.69) is 18.3 Å². The lowest BCUT2D eigenvalue weighted by molar-refractivity contribution is 0.475. The average molecular weight is 287 g/mol. The highest BCUT2D eigenvalue weighted by molar-refractivity contribution is 6.31. The number of hydrogen-bond donors (Lipinski definition) is 2. The van der Waals surface area contributed by atoms with E-state index in [0.717, 1.165) is 17.7 Å². The largest absolute Gasteiger partial charge is 0.508 e. The third-order valence-corrected chi connectivity index (χ3v) is 3.46. The second-order valence-electron chi connectivity index (χ2n) is 4.50.